The third kappa shape index (κ3) is 5.62. The molecule has 0 saturated carbocycles. The van der Waals surface area contributed by atoms with Gasteiger partial charge in [-0.3, -0.25) is 9.59 Å². The Balaban J connectivity index is 1.69. The van der Waals surface area contributed by atoms with Gasteiger partial charge in [0.2, 0.25) is 5.95 Å². The number of hydrogen-bond donors (Lipinski definition) is 2. The van der Waals surface area contributed by atoms with Gasteiger partial charge in [-0.15, -0.1) is 0 Å². The largest absolute Gasteiger partial charge is 0.491 e. The van der Waals surface area contributed by atoms with Gasteiger partial charge in [0.1, 0.15) is 11.4 Å². The zero-order valence-corrected chi connectivity index (χ0v) is 16.5. The van der Waals surface area contributed by atoms with Crippen molar-refractivity contribution < 1.29 is 14.3 Å². The lowest BCUT2D eigenvalue weighted by Gasteiger charge is -2.11. The van der Waals surface area contributed by atoms with Gasteiger partial charge in [-0.1, -0.05) is 12.1 Å². The van der Waals surface area contributed by atoms with Gasteiger partial charge in [0, 0.05) is 23.1 Å². The summed E-state index contributed by atoms with van der Waals surface area (Å²) in [6.07, 6.45) is 1.61. The second-order valence-electron chi connectivity index (χ2n) is 6.67. The lowest BCUT2D eigenvalue weighted by atomic mass is 10.1. The van der Waals surface area contributed by atoms with Crippen molar-refractivity contribution in [3.63, 3.8) is 0 Å². The average molecular weight is 390 g/mol. The summed E-state index contributed by atoms with van der Waals surface area (Å²) in [6, 6.07) is 15.7. The van der Waals surface area contributed by atoms with E-state index >= 15 is 0 Å². The molecule has 0 fully saturated rings. The fourth-order valence-corrected chi connectivity index (χ4v) is 2.57. The molecular weight excluding hydrogens is 368 g/mol. The van der Waals surface area contributed by atoms with E-state index in [0.717, 1.165) is 11.4 Å². The van der Waals surface area contributed by atoms with Crippen LogP contribution in [0.3, 0.4) is 0 Å². The summed E-state index contributed by atoms with van der Waals surface area (Å²) in [4.78, 5) is 32.4. The quantitative estimate of drug-likeness (QED) is 0.579. The van der Waals surface area contributed by atoms with Crippen LogP contribution in [0.1, 0.15) is 41.6 Å². The Morgan fingerprint density at radius 3 is 2.45 bits per heavy atom. The molecule has 29 heavy (non-hydrogen) atoms. The maximum atomic E-state index is 12.5. The van der Waals surface area contributed by atoms with Crippen LogP contribution in [-0.4, -0.2) is 27.8 Å². The predicted octanol–water partition coefficient (Wildman–Crippen LogP) is 4.46. The summed E-state index contributed by atoms with van der Waals surface area (Å²) in [6.45, 7) is 5.41. The molecule has 0 bridgehead atoms. The summed E-state index contributed by atoms with van der Waals surface area (Å²) < 4.78 is 5.62. The molecule has 3 rings (SSSR count). The first kappa shape index (κ1) is 20.0. The fourth-order valence-electron chi connectivity index (χ4n) is 2.57. The van der Waals surface area contributed by atoms with Crippen LogP contribution < -0.4 is 15.4 Å². The van der Waals surface area contributed by atoms with Crippen LogP contribution in [0.25, 0.3) is 0 Å². The van der Waals surface area contributed by atoms with Crippen LogP contribution in [0, 0.1) is 0 Å². The van der Waals surface area contributed by atoms with Gasteiger partial charge in [-0.25, -0.2) is 9.97 Å². The molecule has 0 atom stereocenters. The Morgan fingerprint density at radius 2 is 1.76 bits per heavy atom. The molecule has 1 heterocycles. The molecule has 0 aliphatic heterocycles. The minimum absolute atomic E-state index is 0.0700. The number of hydrogen-bond acceptors (Lipinski definition) is 6. The smallest absolute Gasteiger partial charge is 0.274 e. The predicted molar refractivity (Wildman–Crippen MR) is 112 cm³/mol. The molecule has 3 aromatic rings. The highest BCUT2D eigenvalue weighted by Gasteiger charge is 2.11. The van der Waals surface area contributed by atoms with E-state index in [0.29, 0.717) is 17.2 Å². The summed E-state index contributed by atoms with van der Waals surface area (Å²) >= 11 is 0. The second-order valence-corrected chi connectivity index (χ2v) is 6.67. The number of anilines is 3. The van der Waals surface area contributed by atoms with Gasteiger partial charge < -0.3 is 15.4 Å². The standard InChI is InChI=1S/C22H22N4O3/c1-14(2)29-19-9-7-17(8-10-19)25-22-23-12-11-20(26-22)21(28)24-18-6-4-5-16(13-18)15(3)27/h4-14H,1-3H3,(H,24,28)(H,23,25,26). The number of carbonyl (C=O) groups excluding carboxylic acids is 2. The lowest BCUT2D eigenvalue weighted by molar-refractivity contribution is 0.100. The van der Waals surface area contributed by atoms with E-state index in [1.807, 2.05) is 38.1 Å². The highest BCUT2D eigenvalue weighted by molar-refractivity contribution is 6.04. The first-order chi connectivity index (χ1) is 13.9. The van der Waals surface area contributed by atoms with E-state index in [1.54, 1.807) is 24.3 Å². The van der Waals surface area contributed by atoms with Crippen LogP contribution in [0.2, 0.25) is 0 Å². The van der Waals surface area contributed by atoms with Crippen LogP contribution in [0.4, 0.5) is 17.3 Å². The zero-order chi connectivity index (χ0) is 20.8. The Hall–Kier alpha value is -3.74. The summed E-state index contributed by atoms with van der Waals surface area (Å²) in [5, 5.41) is 5.81. The van der Waals surface area contributed by atoms with Crippen molar-refractivity contribution in [3.05, 3.63) is 72.1 Å². The number of Topliss-reactive ketones (excluding diaryl/α,β-unsaturated/α-hetero) is 1. The maximum Gasteiger partial charge on any atom is 0.274 e. The number of benzene rings is 2. The molecule has 0 aliphatic rings. The van der Waals surface area contributed by atoms with Gasteiger partial charge in [0.25, 0.3) is 5.91 Å². The van der Waals surface area contributed by atoms with Crippen molar-refractivity contribution in [1.29, 1.82) is 0 Å². The highest BCUT2D eigenvalue weighted by Crippen LogP contribution is 2.19. The molecule has 0 radical (unpaired) electrons. The van der Waals surface area contributed by atoms with E-state index in [2.05, 4.69) is 20.6 Å². The minimum atomic E-state index is -0.392. The Morgan fingerprint density at radius 1 is 1.00 bits per heavy atom. The summed E-state index contributed by atoms with van der Waals surface area (Å²) in [7, 11) is 0. The number of ketones is 1. The Labute approximate surface area is 169 Å². The van der Waals surface area contributed by atoms with Gasteiger partial charge in [-0.05, 0) is 63.2 Å². The molecule has 0 unspecified atom stereocenters. The Bertz CT molecular complexity index is 1020. The number of aromatic nitrogens is 2. The van der Waals surface area contributed by atoms with Crippen LogP contribution in [-0.2, 0) is 0 Å². The fraction of sp³-hybridized carbons (Fsp3) is 0.182. The van der Waals surface area contributed by atoms with Crippen molar-refractivity contribution in [2.45, 2.75) is 26.9 Å². The minimum Gasteiger partial charge on any atom is -0.491 e. The van der Waals surface area contributed by atoms with Crippen molar-refractivity contribution in [3.8, 4) is 5.75 Å². The highest BCUT2D eigenvalue weighted by atomic mass is 16.5. The topological polar surface area (TPSA) is 93.2 Å². The summed E-state index contributed by atoms with van der Waals surface area (Å²) in [5.41, 5.74) is 2.03. The van der Waals surface area contributed by atoms with Crippen LogP contribution in [0.5, 0.6) is 5.75 Å². The first-order valence-corrected chi connectivity index (χ1v) is 9.20. The molecule has 2 aromatic carbocycles. The molecule has 0 aliphatic carbocycles. The van der Waals surface area contributed by atoms with E-state index in [1.165, 1.54) is 19.2 Å². The SMILES string of the molecule is CC(=O)c1cccc(NC(=O)c2ccnc(Nc3ccc(OC(C)C)cc3)n2)c1. The average Bonchev–Trinajstić information content (AvgIpc) is 2.69. The van der Waals surface area contributed by atoms with Crippen molar-refractivity contribution >= 4 is 29.0 Å². The normalized spacial score (nSPS) is 10.5. The van der Waals surface area contributed by atoms with Crippen LogP contribution >= 0.6 is 0 Å². The van der Waals surface area contributed by atoms with Gasteiger partial charge in [-0.2, -0.15) is 0 Å². The van der Waals surface area contributed by atoms with E-state index in [4.69, 9.17) is 4.74 Å². The lowest BCUT2D eigenvalue weighted by Crippen LogP contribution is -2.15. The number of nitrogens with one attached hydrogen (secondary N) is 2. The van der Waals surface area contributed by atoms with Crippen molar-refractivity contribution in [2.24, 2.45) is 0 Å². The number of ether oxygens (including phenoxy) is 1. The number of rotatable bonds is 7. The molecule has 148 valence electrons. The maximum absolute atomic E-state index is 12.5. The summed E-state index contributed by atoms with van der Waals surface area (Å²) in [5.74, 6) is 0.608. The molecule has 1 amide bonds. The van der Waals surface area contributed by atoms with Crippen molar-refractivity contribution in [1.82, 2.24) is 9.97 Å². The molecule has 1 aromatic heterocycles. The molecule has 0 spiro atoms. The molecule has 0 saturated heterocycles. The third-order valence-electron chi connectivity index (χ3n) is 3.90. The van der Waals surface area contributed by atoms with E-state index in [9.17, 15) is 9.59 Å². The van der Waals surface area contributed by atoms with Crippen LogP contribution in [0.15, 0.2) is 60.8 Å². The number of amides is 1. The van der Waals surface area contributed by atoms with Crippen molar-refractivity contribution in [2.75, 3.05) is 10.6 Å². The third-order valence-corrected chi connectivity index (χ3v) is 3.90. The van der Waals surface area contributed by atoms with Gasteiger partial charge in [0.05, 0.1) is 6.10 Å². The van der Waals surface area contributed by atoms with E-state index in [-0.39, 0.29) is 17.6 Å². The molecule has 2 N–H and O–H groups in total. The molecule has 7 heteroatoms. The monoisotopic (exact) mass is 390 g/mol. The number of nitrogens with zero attached hydrogens (tertiary/aromatic N) is 2. The zero-order valence-electron chi connectivity index (χ0n) is 16.5. The number of carbonyl (C=O) groups is 2. The second kappa shape index (κ2) is 8.97. The van der Waals surface area contributed by atoms with Gasteiger partial charge in [0.15, 0.2) is 5.78 Å². The Kier molecular flexibility index (Phi) is 6.19. The molecular formula is C22H22N4O3. The van der Waals surface area contributed by atoms with E-state index < -0.39 is 5.91 Å². The first-order valence-electron chi connectivity index (χ1n) is 9.20. The molecule has 7 nitrogen and oxygen atoms in total. The van der Waals surface area contributed by atoms with Gasteiger partial charge >= 0.3 is 0 Å².